The first kappa shape index (κ1) is 75.7. The lowest BCUT2D eigenvalue weighted by Gasteiger charge is -2.17. The normalized spacial score (nSPS) is 14.1. The fourth-order valence-electron chi connectivity index (χ4n) is 28.5. The topological polar surface area (TPSA) is 0 Å². The van der Waals surface area contributed by atoms with Crippen molar-refractivity contribution in [3.8, 4) is 156 Å². The van der Waals surface area contributed by atoms with E-state index in [4.69, 9.17) is 0 Å². The molecule has 0 heterocycles. The molecule has 0 saturated heterocycles. The van der Waals surface area contributed by atoms with Gasteiger partial charge in [-0.25, -0.2) is 0 Å². The Balaban J connectivity index is 0.0000000792. The molecule has 0 fully saturated rings. The van der Waals surface area contributed by atoms with Gasteiger partial charge in [-0.2, -0.15) is 0 Å². The van der Waals surface area contributed by atoms with E-state index < -0.39 is 0 Å². The summed E-state index contributed by atoms with van der Waals surface area (Å²) >= 11 is 0. The van der Waals surface area contributed by atoms with Crippen molar-refractivity contribution in [3.63, 3.8) is 0 Å². The van der Waals surface area contributed by atoms with Crippen molar-refractivity contribution in [1.29, 1.82) is 0 Å². The molecule has 136 heavy (non-hydrogen) atoms. The minimum absolute atomic E-state index is 1.06. The first-order chi connectivity index (χ1) is 67.5. The average molecular weight is 1720 g/mol. The Morgan fingerprint density at radius 2 is 0.243 bits per heavy atom. The van der Waals surface area contributed by atoms with E-state index in [0.29, 0.717) is 0 Å². The molecule has 0 spiro atoms. The highest BCUT2D eigenvalue weighted by Gasteiger charge is 2.44. The molecule has 0 amide bonds. The zero-order valence-electron chi connectivity index (χ0n) is 75.7. The van der Waals surface area contributed by atoms with Crippen LogP contribution in [-0.4, -0.2) is 0 Å². The Kier molecular flexibility index (Phi) is 16.0. The van der Waals surface area contributed by atoms with Crippen molar-refractivity contribution in [2.45, 2.75) is 89.9 Å². The SMILES string of the molecule is c1ccc2c(c1)Cc1c-2c2c(c3c1-c1ccccc1C3)-c1ccccc1C2.c1ccc2c(c1)Cc1c3c(c4c(c1-2)Cc1ccccc1-4)-c1ccccc1C3.c1ccc2c(c1)Cc1c3c(c4c(c1-2)Cc1ccccc1-4)-c1ccccc1C3.c1ccc2c(c1)Cc1c3c(c4c(c1-2)Cc1ccccc1-4)-c1ccccc1C3.c1ccc2c(c1)Cc1c3c(c4c(ccc5ccccc54)c1-2)-c1ccccc1C3. The van der Waals surface area contributed by atoms with Gasteiger partial charge in [-0.1, -0.05) is 376 Å². The fourth-order valence-corrected chi connectivity index (χ4v) is 28.5. The quantitative estimate of drug-likeness (QED) is 0.133. The van der Waals surface area contributed by atoms with Gasteiger partial charge in [0, 0.05) is 0 Å². The van der Waals surface area contributed by atoms with Crippen molar-refractivity contribution in [2.24, 2.45) is 0 Å². The molecule has 0 bridgehead atoms. The van der Waals surface area contributed by atoms with Gasteiger partial charge in [0.05, 0.1) is 0 Å². The molecule has 0 nitrogen and oxygen atoms in total. The van der Waals surface area contributed by atoms with Gasteiger partial charge in [-0.05, 0) is 423 Å². The van der Waals surface area contributed by atoms with Crippen molar-refractivity contribution in [3.05, 3.63) is 532 Å². The largest absolute Gasteiger partial charge is 0.0619 e. The van der Waals surface area contributed by atoms with Crippen LogP contribution in [0.5, 0.6) is 0 Å². The van der Waals surface area contributed by atoms with E-state index in [1.807, 2.05) is 0 Å². The summed E-state index contributed by atoms with van der Waals surface area (Å²) in [4.78, 5) is 0. The molecule has 634 valence electrons. The van der Waals surface area contributed by atoms with Crippen molar-refractivity contribution in [2.75, 3.05) is 0 Å². The highest BCUT2D eigenvalue weighted by molar-refractivity contribution is 6.22. The molecule has 0 N–H and O–H groups in total. The van der Waals surface area contributed by atoms with Gasteiger partial charge in [0.2, 0.25) is 0 Å². The van der Waals surface area contributed by atoms with E-state index in [1.165, 1.54) is 239 Å². The second-order valence-corrected chi connectivity index (χ2v) is 40.3. The van der Waals surface area contributed by atoms with Crippen LogP contribution in [0.3, 0.4) is 0 Å². The van der Waals surface area contributed by atoms with Crippen molar-refractivity contribution < 1.29 is 0 Å². The van der Waals surface area contributed by atoms with Gasteiger partial charge in [0.15, 0.2) is 0 Å². The molecule has 0 unspecified atom stereocenters. The third-order valence-corrected chi connectivity index (χ3v) is 33.8. The summed E-state index contributed by atoms with van der Waals surface area (Å²) in [5, 5.41) is 5.55. The predicted octanol–water partition coefficient (Wildman–Crippen LogP) is 32.7. The number of hydrogen-bond acceptors (Lipinski definition) is 0. The van der Waals surface area contributed by atoms with Gasteiger partial charge in [0.25, 0.3) is 0 Å². The second kappa shape index (κ2) is 28.8. The number of rotatable bonds is 0. The smallest absolute Gasteiger partial charge is 0.000695 e. The molecular formula is C136H90. The molecule has 0 aromatic heterocycles. The van der Waals surface area contributed by atoms with E-state index in [1.54, 1.807) is 94.6 Å². The molecule has 14 aliphatic rings. The summed E-state index contributed by atoms with van der Waals surface area (Å²) in [6, 6.07) is 140. The molecule has 0 radical (unpaired) electrons. The Hall–Kier alpha value is -15.9. The predicted molar refractivity (Wildman–Crippen MR) is 563 cm³/mol. The zero-order chi connectivity index (χ0) is 88.4. The lowest BCUT2D eigenvalue weighted by atomic mass is 9.86. The third-order valence-electron chi connectivity index (χ3n) is 33.8. The molecule has 0 heteroatoms. The first-order valence-corrected chi connectivity index (χ1v) is 49.5. The van der Waals surface area contributed by atoms with E-state index >= 15 is 0 Å². The molecule has 0 atom stereocenters. The number of benzene rings is 21. The molecule has 35 rings (SSSR count). The Morgan fingerprint density at radius 1 is 0.0956 bits per heavy atom. The Morgan fingerprint density at radius 3 is 0.485 bits per heavy atom. The fraction of sp³-hybridized carbons (Fsp3) is 0.103. The zero-order valence-corrected chi connectivity index (χ0v) is 75.7. The van der Waals surface area contributed by atoms with E-state index in [0.717, 1.165) is 89.9 Å². The maximum absolute atomic E-state index is 2.36. The minimum Gasteiger partial charge on any atom is -0.0619 e. The first-order valence-electron chi connectivity index (χ1n) is 49.5. The van der Waals surface area contributed by atoms with Gasteiger partial charge in [0.1, 0.15) is 0 Å². The molecule has 0 saturated carbocycles. The van der Waals surface area contributed by atoms with Crippen LogP contribution in [-0.2, 0) is 89.9 Å². The maximum atomic E-state index is 2.36. The minimum atomic E-state index is 1.06. The van der Waals surface area contributed by atoms with E-state index in [-0.39, 0.29) is 0 Å². The molecule has 21 aromatic rings. The van der Waals surface area contributed by atoms with Crippen LogP contribution < -0.4 is 0 Å². The van der Waals surface area contributed by atoms with Crippen LogP contribution in [0.2, 0.25) is 0 Å². The van der Waals surface area contributed by atoms with Crippen LogP contribution in [0.15, 0.2) is 376 Å². The second-order valence-electron chi connectivity index (χ2n) is 40.3. The van der Waals surface area contributed by atoms with Crippen LogP contribution >= 0.6 is 0 Å². The molecule has 0 aliphatic heterocycles. The van der Waals surface area contributed by atoms with Crippen molar-refractivity contribution >= 4 is 21.5 Å². The monoisotopic (exact) mass is 1720 g/mol. The number of fused-ring (bicyclic) bond motifs is 60. The third kappa shape index (κ3) is 10.7. The molecular weight excluding hydrogens is 1630 g/mol. The lowest BCUT2D eigenvalue weighted by Crippen LogP contribution is -1.97. The van der Waals surface area contributed by atoms with Crippen LogP contribution in [0.25, 0.3) is 177 Å². The standard InChI is InChI=1S/C28H18.4C27H18/c1-4-10-20-17(7-1)13-14-23-26-21-11-5-2-8-18(21)15-24(26)25-16-19-9-3-6-12-22(19)28(25)27(20)23;1-4-10-19-16(7-1)13-22-25(19)23-14-17-8-3-6-12-21(17)27(23)24-15-18-9-2-5-11-20(18)26(22)24;3*1-4-10-19-16(7-1)13-22-23-14-17-8-2-5-11-20(17)26(23)27-21-12-6-3-9-18(21)15-24(27)25(19)22/h1-14H,15-16H2;4*1-12H,13-15H2. The molecule has 21 aromatic carbocycles. The Labute approximate surface area is 793 Å². The lowest BCUT2D eigenvalue weighted by molar-refractivity contribution is 1.15. The maximum Gasteiger partial charge on any atom is -0.000695 e. The van der Waals surface area contributed by atoms with Gasteiger partial charge in [-0.3, -0.25) is 0 Å². The highest BCUT2D eigenvalue weighted by atomic mass is 14.5. The summed E-state index contributed by atoms with van der Waals surface area (Å²) in [6.07, 6.45) is 15.1. The summed E-state index contributed by atoms with van der Waals surface area (Å²) in [6.45, 7) is 0. The van der Waals surface area contributed by atoms with Crippen LogP contribution in [0, 0.1) is 0 Å². The highest BCUT2D eigenvalue weighted by Crippen LogP contribution is 2.64. The van der Waals surface area contributed by atoms with Crippen LogP contribution in [0.1, 0.15) is 156 Å². The van der Waals surface area contributed by atoms with E-state index in [9.17, 15) is 0 Å². The summed E-state index contributed by atoms with van der Waals surface area (Å²) < 4.78 is 0. The average Bonchev–Trinajstić information content (AvgIpc) is 1.55. The van der Waals surface area contributed by atoms with Crippen LogP contribution in [0.4, 0.5) is 0 Å². The summed E-state index contributed by atoms with van der Waals surface area (Å²) in [7, 11) is 0. The summed E-state index contributed by atoms with van der Waals surface area (Å²) in [5.41, 5.74) is 84.5. The van der Waals surface area contributed by atoms with E-state index in [2.05, 4.69) is 376 Å². The Bertz CT molecular complexity index is 8360. The van der Waals surface area contributed by atoms with Gasteiger partial charge >= 0.3 is 0 Å². The van der Waals surface area contributed by atoms with Crippen molar-refractivity contribution in [1.82, 2.24) is 0 Å². The van der Waals surface area contributed by atoms with Gasteiger partial charge in [-0.15, -0.1) is 0 Å². The summed E-state index contributed by atoms with van der Waals surface area (Å²) in [5.74, 6) is 0. The van der Waals surface area contributed by atoms with Gasteiger partial charge < -0.3 is 0 Å². The molecule has 14 aliphatic carbocycles. The number of hydrogen-bond donors (Lipinski definition) is 0.